The van der Waals surface area contributed by atoms with E-state index in [0.29, 0.717) is 18.7 Å². The SMILES string of the molecule is COc1ccc2c(c1)CCN(C1CCN(c3cc(C(=O)Cc4ccccc4)ncn3)CC1)C(=O)N2. The number of piperidine rings is 1. The first kappa shape index (κ1) is 22.8. The molecule has 1 N–H and O–H groups in total. The van der Waals surface area contributed by atoms with E-state index in [-0.39, 0.29) is 17.9 Å². The number of hydrogen-bond donors (Lipinski definition) is 1. The van der Waals surface area contributed by atoms with Gasteiger partial charge < -0.3 is 19.9 Å². The molecule has 8 heteroatoms. The molecule has 0 saturated carbocycles. The third-order valence-corrected chi connectivity index (χ3v) is 6.81. The van der Waals surface area contributed by atoms with Crippen molar-refractivity contribution in [1.82, 2.24) is 14.9 Å². The van der Waals surface area contributed by atoms with Gasteiger partial charge in [0.1, 0.15) is 23.6 Å². The number of carbonyl (C=O) groups excluding carboxylic acids is 2. The van der Waals surface area contributed by atoms with Gasteiger partial charge in [-0.15, -0.1) is 0 Å². The van der Waals surface area contributed by atoms with Crippen LogP contribution < -0.4 is 15.0 Å². The number of aromatic nitrogens is 2. The van der Waals surface area contributed by atoms with E-state index >= 15 is 0 Å². The Labute approximate surface area is 204 Å². The van der Waals surface area contributed by atoms with E-state index in [1.165, 1.54) is 6.33 Å². The van der Waals surface area contributed by atoms with Gasteiger partial charge in [-0.25, -0.2) is 14.8 Å². The zero-order valence-corrected chi connectivity index (χ0v) is 19.8. The zero-order chi connectivity index (χ0) is 24.2. The molecule has 2 aliphatic heterocycles. The minimum atomic E-state index is -0.0526. The maximum Gasteiger partial charge on any atom is 0.322 e. The number of fused-ring (bicyclic) bond motifs is 1. The Hall–Kier alpha value is -3.94. The summed E-state index contributed by atoms with van der Waals surface area (Å²) in [5, 5.41) is 3.06. The highest BCUT2D eigenvalue weighted by molar-refractivity contribution is 5.96. The van der Waals surface area contributed by atoms with Crippen molar-refractivity contribution in [2.75, 3.05) is 37.0 Å². The molecule has 0 unspecified atom stereocenters. The standard InChI is InChI=1S/C27H29N5O3/c1-35-22-7-8-23-20(16-22)9-14-32(27(34)30-23)21-10-12-31(13-11-21)26-17-24(28-18-29-26)25(33)15-19-5-3-2-4-6-19/h2-8,16-18,21H,9-15H2,1H3,(H,30,34). The van der Waals surface area contributed by atoms with Gasteiger partial charge in [0, 0.05) is 43.9 Å². The molecule has 0 spiro atoms. The molecule has 0 atom stereocenters. The highest BCUT2D eigenvalue weighted by Gasteiger charge is 2.30. The molecule has 8 nitrogen and oxygen atoms in total. The second-order valence-electron chi connectivity index (χ2n) is 8.96. The molecule has 0 bridgehead atoms. The Morgan fingerprint density at radius 3 is 2.63 bits per heavy atom. The van der Waals surface area contributed by atoms with Gasteiger partial charge in [0.25, 0.3) is 0 Å². The Morgan fingerprint density at radius 2 is 1.86 bits per heavy atom. The van der Waals surface area contributed by atoms with Crippen LogP contribution in [0.1, 0.15) is 34.5 Å². The fourth-order valence-corrected chi connectivity index (χ4v) is 4.85. The van der Waals surface area contributed by atoms with Crippen LogP contribution in [0, 0.1) is 0 Å². The number of benzene rings is 2. The number of carbonyl (C=O) groups is 2. The lowest BCUT2D eigenvalue weighted by Crippen LogP contribution is -2.49. The average molecular weight is 472 g/mol. The van der Waals surface area contributed by atoms with Crippen LogP contribution in [0.4, 0.5) is 16.3 Å². The predicted octanol–water partition coefficient (Wildman–Crippen LogP) is 3.97. The summed E-state index contributed by atoms with van der Waals surface area (Å²) in [6.07, 6.45) is 4.24. The number of amides is 2. The Kier molecular flexibility index (Phi) is 6.61. The average Bonchev–Trinajstić information content (AvgIpc) is 3.07. The first-order valence-electron chi connectivity index (χ1n) is 12.0. The summed E-state index contributed by atoms with van der Waals surface area (Å²) in [7, 11) is 1.65. The van der Waals surface area contributed by atoms with Gasteiger partial charge in [0.2, 0.25) is 0 Å². The van der Waals surface area contributed by atoms with E-state index in [1.807, 2.05) is 53.4 Å². The first-order valence-corrected chi connectivity index (χ1v) is 12.0. The topological polar surface area (TPSA) is 87.7 Å². The number of ether oxygens (including phenoxy) is 1. The van der Waals surface area contributed by atoms with Crippen LogP contribution in [-0.4, -0.2) is 59.5 Å². The number of methoxy groups -OCH3 is 1. The lowest BCUT2D eigenvalue weighted by Gasteiger charge is -2.38. The van der Waals surface area contributed by atoms with E-state index < -0.39 is 0 Å². The van der Waals surface area contributed by atoms with Crippen LogP contribution in [0.3, 0.4) is 0 Å². The third-order valence-electron chi connectivity index (χ3n) is 6.81. The number of ketones is 1. The highest BCUT2D eigenvalue weighted by Crippen LogP contribution is 2.28. The fraction of sp³-hybridized carbons (Fsp3) is 0.333. The van der Waals surface area contributed by atoms with Crippen molar-refractivity contribution in [2.45, 2.75) is 31.7 Å². The zero-order valence-electron chi connectivity index (χ0n) is 19.8. The van der Waals surface area contributed by atoms with Crippen LogP contribution in [0.5, 0.6) is 5.75 Å². The fourth-order valence-electron chi connectivity index (χ4n) is 4.85. The van der Waals surface area contributed by atoms with Crippen LogP contribution in [0.2, 0.25) is 0 Å². The van der Waals surface area contributed by atoms with E-state index in [0.717, 1.165) is 60.7 Å². The normalized spacial score (nSPS) is 16.3. The predicted molar refractivity (Wildman–Crippen MR) is 134 cm³/mol. The Bertz CT molecular complexity index is 1210. The van der Waals surface area contributed by atoms with Gasteiger partial charge in [-0.2, -0.15) is 0 Å². The Morgan fingerprint density at radius 1 is 1.06 bits per heavy atom. The third kappa shape index (κ3) is 5.11. The second-order valence-corrected chi connectivity index (χ2v) is 8.96. The van der Waals surface area contributed by atoms with Crippen molar-refractivity contribution in [1.29, 1.82) is 0 Å². The molecule has 0 aliphatic carbocycles. The molecule has 180 valence electrons. The monoisotopic (exact) mass is 471 g/mol. The van der Waals surface area contributed by atoms with Crippen LogP contribution in [-0.2, 0) is 12.8 Å². The molecule has 2 amide bonds. The molecule has 2 aromatic carbocycles. The van der Waals surface area contributed by atoms with Crippen molar-refractivity contribution >= 4 is 23.3 Å². The molecule has 1 fully saturated rings. The number of anilines is 2. The molecular weight excluding hydrogens is 442 g/mol. The maximum absolute atomic E-state index is 13.0. The number of rotatable bonds is 6. The summed E-state index contributed by atoms with van der Waals surface area (Å²) in [4.78, 5) is 38.5. The van der Waals surface area contributed by atoms with E-state index in [4.69, 9.17) is 4.74 Å². The van der Waals surface area contributed by atoms with Crippen molar-refractivity contribution < 1.29 is 14.3 Å². The Balaban J connectivity index is 1.21. The minimum absolute atomic E-state index is 0.0211. The summed E-state index contributed by atoms with van der Waals surface area (Å²) in [6, 6.07) is 17.3. The number of nitrogens with zero attached hydrogens (tertiary/aromatic N) is 4. The smallest absolute Gasteiger partial charge is 0.322 e. The van der Waals surface area contributed by atoms with Crippen LogP contribution >= 0.6 is 0 Å². The largest absolute Gasteiger partial charge is 0.497 e. The lowest BCUT2D eigenvalue weighted by atomic mass is 10.0. The molecule has 1 aromatic heterocycles. The van der Waals surface area contributed by atoms with E-state index in [9.17, 15) is 9.59 Å². The summed E-state index contributed by atoms with van der Waals surface area (Å²) < 4.78 is 5.33. The molecular formula is C27H29N5O3. The number of urea groups is 1. The summed E-state index contributed by atoms with van der Waals surface area (Å²) in [5.74, 6) is 1.54. The van der Waals surface area contributed by atoms with E-state index in [2.05, 4.69) is 20.2 Å². The van der Waals surface area contributed by atoms with Gasteiger partial charge in [0.15, 0.2) is 5.78 Å². The highest BCUT2D eigenvalue weighted by atomic mass is 16.5. The molecule has 3 heterocycles. The van der Waals surface area contributed by atoms with Crippen molar-refractivity contribution in [2.24, 2.45) is 0 Å². The van der Waals surface area contributed by atoms with Crippen molar-refractivity contribution in [3.05, 3.63) is 77.7 Å². The molecule has 5 rings (SSSR count). The summed E-state index contributed by atoms with van der Waals surface area (Å²) in [6.45, 7) is 2.19. The van der Waals surface area contributed by atoms with Gasteiger partial charge in [-0.1, -0.05) is 30.3 Å². The molecule has 0 radical (unpaired) electrons. The van der Waals surface area contributed by atoms with E-state index in [1.54, 1.807) is 13.2 Å². The van der Waals surface area contributed by atoms with Gasteiger partial charge in [-0.3, -0.25) is 4.79 Å². The quantitative estimate of drug-likeness (QED) is 0.548. The van der Waals surface area contributed by atoms with Gasteiger partial charge in [0.05, 0.1) is 7.11 Å². The number of hydrogen-bond acceptors (Lipinski definition) is 6. The number of nitrogens with one attached hydrogen (secondary N) is 1. The lowest BCUT2D eigenvalue weighted by molar-refractivity contribution is 0.0988. The summed E-state index contributed by atoms with van der Waals surface area (Å²) >= 11 is 0. The van der Waals surface area contributed by atoms with Gasteiger partial charge in [-0.05, 0) is 48.6 Å². The van der Waals surface area contributed by atoms with Gasteiger partial charge >= 0.3 is 6.03 Å². The number of Topliss-reactive ketones (excluding diaryl/α,β-unsaturated/α-hetero) is 1. The van der Waals surface area contributed by atoms with Crippen molar-refractivity contribution in [3.8, 4) is 5.75 Å². The minimum Gasteiger partial charge on any atom is -0.497 e. The van der Waals surface area contributed by atoms with Crippen molar-refractivity contribution in [3.63, 3.8) is 0 Å². The second kappa shape index (κ2) is 10.1. The molecule has 3 aromatic rings. The van der Waals surface area contributed by atoms with Crippen LogP contribution in [0.25, 0.3) is 0 Å². The van der Waals surface area contributed by atoms with Crippen LogP contribution in [0.15, 0.2) is 60.9 Å². The molecule has 1 saturated heterocycles. The first-order chi connectivity index (χ1) is 17.1. The maximum atomic E-state index is 13.0. The molecule has 35 heavy (non-hydrogen) atoms. The summed E-state index contributed by atoms with van der Waals surface area (Å²) in [5.41, 5.74) is 3.34. The molecule has 2 aliphatic rings.